The fraction of sp³-hybridized carbons (Fsp3) is 0.267. The Labute approximate surface area is 139 Å². The molecule has 0 radical (unpaired) electrons. The molecule has 1 fully saturated rings. The minimum absolute atomic E-state index is 0.00217. The molecule has 1 atom stereocenters. The largest absolute Gasteiger partial charge is 0.353 e. The number of carbonyl (C=O) groups is 1. The van der Waals surface area contributed by atoms with Gasteiger partial charge in [0.05, 0.1) is 12.1 Å². The molecule has 8 heteroatoms. The van der Waals surface area contributed by atoms with Crippen LogP contribution in [0, 0.1) is 0 Å². The molecule has 2 N–H and O–H groups in total. The lowest BCUT2D eigenvalue weighted by atomic mass is 10.1. The second-order valence-corrected chi connectivity index (χ2v) is 7.22. The van der Waals surface area contributed by atoms with Gasteiger partial charge in [0.15, 0.2) is 0 Å². The summed E-state index contributed by atoms with van der Waals surface area (Å²) in [6.07, 6.45) is 0. The number of fused-ring (bicyclic) bond motifs is 1. The molecule has 6 nitrogen and oxygen atoms in total. The van der Waals surface area contributed by atoms with Gasteiger partial charge >= 0.3 is 0 Å². The lowest BCUT2D eigenvalue weighted by Gasteiger charge is -2.33. The Morgan fingerprint density at radius 1 is 1.26 bits per heavy atom. The summed E-state index contributed by atoms with van der Waals surface area (Å²) in [6.45, 7) is 1.77. The Bertz CT molecular complexity index is 900. The van der Waals surface area contributed by atoms with E-state index in [2.05, 4.69) is 20.2 Å². The highest BCUT2D eigenvalue weighted by Crippen LogP contribution is 2.28. The van der Waals surface area contributed by atoms with E-state index in [0.29, 0.717) is 29.1 Å². The first kappa shape index (κ1) is 14.6. The number of carbonyl (C=O) groups excluding carboxylic acids is 1. The van der Waals surface area contributed by atoms with Crippen LogP contribution in [0.15, 0.2) is 33.8 Å². The summed E-state index contributed by atoms with van der Waals surface area (Å²) in [4.78, 5) is 34.8. The van der Waals surface area contributed by atoms with Crippen molar-refractivity contribution >= 4 is 38.8 Å². The highest BCUT2D eigenvalue weighted by Gasteiger charge is 2.32. The van der Waals surface area contributed by atoms with E-state index >= 15 is 0 Å². The Kier molecular flexibility index (Phi) is 3.72. The van der Waals surface area contributed by atoms with E-state index in [1.165, 1.54) is 11.3 Å². The van der Waals surface area contributed by atoms with Gasteiger partial charge in [0.2, 0.25) is 5.91 Å². The van der Waals surface area contributed by atoms with Crippen molar-refractivity contribution in [2.45, 2.75) is 12.6 Å². The summed E-state index contributed by atoms with van der Waals surface area (Å²) in [5.41, 5.74) is 0.594. The fourth-order valence-corrected chi connectivity index (χ4v) is 4.41. The molecule has 1 amide bonds. The SMILES string of the molecule is O=C1NCCN(Cc2nc3ccsc3c(=O)[nH]2)C1c1cccs1. The molecule has 4 heterocycles. The number of hydrogen-bond acceptors (Lipinski definition) is 6. The molecule has 0 aromatic carbocycles. The zero-order valence-corrected chi connectivity index (χ0v) is 13.7. The van der Waals surface area contributed by atoms with Gasteiger partial charge in [-0.2, -0.15) is 0 Å². The number of aromatic nitrogens is 2. The van der Waals surface area contributed by atoms with Crippen molar-refractivity contribution in [3.8, 4) is 0 Å². The minimum Gasteiger partial charge on any atom is -0.353 e. The van der Waals surface area contributed by atoms with E-state index in [4.69, 9.17) is 0 Å². The molecule has 0 spiro atoms. The van der Waals surface area contributed by atoms with E-state index in [0.717, 1.165) is 11.4 Å². The Morgan fingerprint density at radius 2 is 2.17 bits per heavy atom. The third-order valence-electron chi connectivity index (χ3n) is 3.84. The number of rotatable bonds is 3. The van der Waals surface area contributed by atoms with Crippen molar-refractivity contribution in [2.24, 2.45) is 0 Å². The van der Waals surface area contributed by atoms with E-state index in [1.807, 2.05) is 29.0 Å². The fourth-order valence-electron chi connectivity index (χ4n) is 2.83. The second-order valence-electron chi connectivity index (χ2n) is 5.33. The van der Waals surface area contributed by atoms with E-state index in [-0.39, 0.29) is 17.5 Å². The van der Waals surface area contributed by atoms with Crippen molar-refractivity contribution < 1.29 is 4.79 Å². The molecule has 0 aliphatic carbocycles. The zero-order valence-electron chi connectivity index (χ0n) is 12.1. The second kappa shape index (κ2) is 5.88. The maximum atomic E-state index is 12.3. The van der Waals surface area contributed by atoms with Gasteiger partial charge in [-0.1, -0.05) is 6.07 Å². The first-order chi connectivity index (χ1) is 11.2. The molecule has 1 aliphatic heterocycles. The molecule has 3 aromatic rings. The molecule has 1 aliphatic rings. The van der Waals surface area contributed by atoms with Crippen LogP contribution in [-0.2, 0) is 11.3 Å². The Morgan fingerprint density at radius 3 is 3.00 bits per heavy atom. The number of nitrogens with one attached hydrogen (secondary N) is 2. The molecular weight excluding hydrogens is 332 g/mol. The average Bonchev–Trinajstić information content (AvgIpc) is 3.18. The number of hydrogen-bond donors (Lipinski definition) is 2. The molecule has 118 valence electrons. The average molecular weight is 346 g/mol. The summed E-state index contributed by atoms with van der Waals surface area (Å²) in [5.74, 6) is 0.592. The van der Waals surface area contributed by atoms with E-state index in [1.54, 1.807) is 11.3 Å². The number of aromatic amines is 1. The van der Waals surface area contributed by atoms with Gasteiger partial charge in [-0.25, -0.2) is 4.98 Å². The third kappa shape index (κ3) is 2.69. The van der Waals surface area contributed by atoms with Crippen LogP contribution >= 0.6 is 22.7 Å². The summed E-state index contributed by atoms with van der Waals surface area (Å²) in [6, 6.07) is 5.42. The van der Waals surface area contributed by atoms with E-state index < -0.39 is 0 Å². The van der Waals surface area contributed by atoms with Crippen molar-refractivity contribution in [1.29, 1.82) is 0 Å². The standard InChI is InChI=1S/C15H14N4O2S2/c20-14-12(10-2-1-6-22-10)19(5-4-16-14)8-11-17-9-3-7-23-13(9)15(21)18-11/h1-3,6-7,12H,4-5,8H2,(H,16,20)(H,17,18,21). The summed E-state index contributed by atoms with van der Waals surface area (Å²) >= 11 is 2.95. The highest BCUT2D eigenvalue weighted by atomic mass is 32.1. The van der Waals surface area contributed by atoms with Gasteiger partial charge in [-0.05, 0) is 22.9 Å². The van der Waals surface area contributed by atoms with Crippen molar-refractivity contribution in [3.63, 3.8) is 0 Å². The summed E-state index contributed by atoms with van der Waals surface area (Å²) in [7, 11) is 0. The van der Waals surface area contributed by atoms with Gasteiger partial charge in [0.25, 0.3) is 5.56 Å². The molecule has 4 rings (SSSR count). The van der Waals surface area contributed by atoms with Crippen LogP contribution in [0.5, 0.6) is 0 Å². The monoisotopic (exact) mass is 346 g/mol. The smallest absolute Gasteiger partial charge is 0.268 e. The van der Waals surface area contributed by atoms with Crippen LogP contribution in [0.1, 0.15) is 16.7 Å². The van der Waals surface area contributed by atoms with Crippen molar-refractivity contribution in [2.75, 3.05) is 13.1 Å². The molecule has 0 bridgehead atoms. The summed E-state index contributed by atoms with van der Waals surface area (Å²) in [5, 5.41) is 6.73. The lowest BCUT2D eigenvalue weighted by Crippen LogP contribution is -2.49. The van der Waals surface area contributed by atoms with Crippen LogP contribution < -0.4 is 10.9 Å². The van der Waals surface area contributed by atoms with Crippen LogP contribution in [0.25, 0.3) is 10.2 Å². The zero-order chi connectivity index (χ0) is 15.8. The van der Waals surface area contributed by atoms with Crippen LogP contribution in [-0.4, -0.2) is 33.9 Å². The lowest BCUT2D eigenvalue weighted by molar-refractivity contribution is -0.129. The maximum Gasteiger partial charge on any atom is 0.268 e. The van der Waals surface area contributed by atoms with Crippen LogP contribution in [0.3, 0.4) is 0 Å². The number of H-pyrrole nitrogens is 1. The molecule has 0 saturated carbocycles. The highest BCUT2D eigenvalue weighted by molar-refractivity contribution is 7.17. The quantitative estimate of drug-likeness (QED) is 0.757. The van der Waals surface area contributed by atoms with Gasteiger partial charge in [-0.15, -0.1) is 22.7 Å². The first-order valence-corrected chi connectivity index (χ1v) is 9.00. The Balaban J connectivity index is 1.67. The minimum atomic E-state index is -0.327. The Hall–Kier alpha value is -2.03. The van der Waals surface area contributed by atoms with E-state index in [9.17, 15) is 9.59 Å². The third-order valence-corrected chi connectivity index (χ3v) is 5.67. The maximum absolute atomic E-state index is 12.3. The summed E-state index contributed by atoms with van der Waals surface area (Å²) < 4.78 is 0.639. The number of piperazine rings is 1. The number of nitrogens with zero attached hydrogens (tertiary/aromatic N) is 2. The topological polar surface area (TPSA) is 78.1 Å². The number of thiophene rings is 2. The van der Waals surface area contributed by atoms with Gasteiger partial charge in [0.1, 0.15) is 16.6 Å². The van der Waals surface area contributed by atoms with Crippen molar-refractivity contribution in [3.05, 3.63) is 50.0 Å². The van der Waals surface area contributed by atoms with Crippen LogP contribution in [0.2, 0.25) is 0 Å². The number of amides is 1. The predicted molar refractivity (Wildman–Crippen MR) is 90.7 cm³/mol. The molecular formula is C15H14N4O2S2. The molecule has 1 unspecified atom stereocenters. The first-order valence-electron chi connectivity index (χ1n) is 7.24. The van der Waals surface area contributed by atoms with Gasteiger partial charge in [0, 0.05) is 18.0 Å². The van der Waals surface area contributed by atoms with Gasteiger partial charge < -0.3 is 10.3 Å². The van der Waals surface area contributed by atoms with Crippen molar-refractivity contribution in [1.82, 2.24) is 20.2 Å². The molecule has 23 heavy (non-hydrogen) atoms. The van der Waals surface area contributed by atoms with Crippen LogP contribution in [0.4, 0.5) is 0 Å². The molecule has 3 aromatic heterocycles. The van der Waals surface area contributed by atoms with Gasteiger partial charge in [-0.3, -0.25) is 14.5 Å². The normalized spacial score (nSPS) is 19.1. The molecule has 1 saturated heterocycles. The predicted octanol–water partition coefficient (Wildman–Crippen LogP) is 1.72.